The zero-order valence-corrected chi connectivity index (χ0v) is 17.0. The molecule has 0 radical (unpaired) electrons. The molecule has 1 rings (SSSR count). The molecule has 2 heteroatoms. The maximum Gasteiger partial charge on any atom is 0.0453 e. The van der Waals surface area contributed by atoms with E-state index in [1.165, 1.54) is 57.8 Å². The predicted octanol–water partition coefficient (Wildman–Crippen LogP) is 7.57. The third-order valence-corrected chi connectivity index (χ3v) is 6.85. The van der Waals surface area contributed by atoms with Crippen LogP contribution in [0.3, 0.4) is 0 Å². The molecule has 3 atom stereocenters. The van der Waals surface area contributed by atoms with Crippen LogP contribution in [0.5, 0.6) is 0 Å². The van der Waals surface area contributed by atoms with Gasteiger partial charge in [0.25, 0.3) is 0 Å². The molecular weight excluding hydrogens is 304 g/mol. The first-order valence-corrected chi connectivity index (χ1v) is 10.6. The molecule has 0 aromatic carbocycles. The van der Waals surface area contributed by atoms with Crippen molar-refractivity contribution in [3.8, 4) is 0 Å². The second kappa shape index (κ2) is 10.9. The maximum absolute atomic E-state index is 5.46. The van der Waals surface area contributed by atoms with Crippen LogP contribution < -0.4 is 0 Å². The summed E-state index contributed by atoms with van der Waals surface area (Å²) in [5.41, 5.74) is 3.42. The molecule has 0 saturated carbocycles. The van der Waals surface area contributed by atoms with E-state index >= 15 is 0 Å². The van der Waals surface area contributed by atoms with E-state index in [0.717, 1.165) is 16.0 Å². The Morgan fingerprint density at radius 1 is 1.23 bits per heavy atom. The van der Waals surface area contributed by atoms with Crippen LogP contribution in [0.2, 0.25) is 0 Å². The lowest BCUT2D eigenvalue weighted by Gasteiger charge is -2.30. The summed E-state index contributed by atoms with van der Waals surface area (Å²) < 4.78 is 1.11. The molecule has 22 heavy (non-hydrogen) atoms. The van der Waals surface area contributed by atoms with E-state index in [1.54, 1.807) is 11.1 Å². The highest BCUT2D eigenvalue weighted by Crippen LogP contribution is 2.38. The molecule has 0 aromatic heterocycles. The fourth-order valence-electron chi connectivity index (χ4n) is 3.71. The van der Waals surface area contributed by atoms with E-state index in [4.69, 9.17) is 12.2 Å². The molecule has 0 aliphatic heterocycles. The van der Waals surface area contributed by atoms with Gasteiger partial charge in [0.1, 0.15) is 0 Å². The quantitative estimate of drug-likeness (QED) is 0.374. The number of thioether (sulfide) groups is 1. The van der Waals surface area contributed by atoms with Gasteiger partial charge in [-0.15, -0.1) is 11.8 Å². The van der Waals surface area contributed by atoms with E-state index in [0.29, 0.717) is 5.25 Å². The number of allylic oxidation sites excluding steroid dienone is 1. The molecule has 0 aromatic rings. The SMILES string of the molecule is CCCC(C)C(SC(C)=S)/C1=C(/C)C(C)CCCCCCC1. The normalized spacial score (nSPS) is 27.2. The van der Waals surface area contributed by atoms with E-state index in [-0.39, 0.29) is 0 Å². The molecule has 0 N–H and O–H groups in total. The van der Waals surface area contributed by atoms with Gasteiger partial charge < -0.3 is 0 Å². The Bertz CT molecular complexity index is 370. The second-order valence-electron chi connectivity index (χ2n) is 7.21. The summed E-state index contributed by atoms with van der Waals surface area (Å²) in [6, 6.07) is 0. The highest BCUT2D eigenvalue weighted by Gasteiger charge is 2.25. The predicted molar refractivity (Wildman–Crippen MR) is 108 cm³/mol. The van der Waals surface area contributed by atoms with Crippen molar-refractivity contribution in [3.63, 3.8) is 0 Å². The van der Waals surface area contributed by atoms with Crippen LogP contribution in [0, 0.1) is 11.8 Å². The van der Waals surface area contributed by atoms with Crippen molar-refractivity contribution in [1.82, 2.24) is 0 Å². The van der Waals surface area contributed by atoms with Crippen LogP contribution in [-0.2, 0) is 0 Å². The highest BCUT2D eigenvalue weighted by molar-refractivity contribution is 8.23. The molecular formula is C20H36S2. The van der Waals surface area contributed by atoms with Crippen LogP contribution in [0.4, 0.5) is 0 Å². The topological polar surface area (TPSA) is 0 Å². The molecule has 128 valence electrons. The number of thiocarbonyl (C=S) groups is 1. The van der Waals surface area contributed by atoms with Crippen molar-refractivity contribution in [2.24, 2.45) is 11.8 Å². The Labute approximate surface area is 148 Å². The monoisotopic (exact) mass is 340 g/mol. The second-order valence-corrected chi connectivity index (χ2v) is 9.44. The largest absolute Gasteiger partial charge is 0.111 e. The molecule has 1 aliphatic rings. The number of hydrogen-bond acceptors (Lipinski definition) is 2. The van der Waals surface area contributed by atoms with Gasteiger partial charge in [0.15, 0.2) is 0 Å². The van der Waals surface area contributed by atoms with E-state index in [2.05, 4.69) is 34.6 Å². The van der Waals surface area contributed by atoms with Crippen LogP contribution in [0.1, 0.15) is 92.4 Å². The minimum Gasteiger partial charge on any atom is -0.111 e. The fourth-order valence-corrected chi connectivity index (χ4v) is 5.19. The first kappa shape index (κ1) is 20.2. The van der Waals surface area contributed by atoms with E-state index in [9.17, 15) is 0 Å². The van der Waals surface area contributed by atoms with Gasteiger partial charge >= 0.3 is 0 Å². The van der Waals surface area contributed by atoms with Crippen molar-refractivity contribution in [2.45, 2.75) is 97.7 Å². The van der Waals surface area contributed by atoms with Crippen LogP contribution in [0.15, 0.2) is 11.1 Å². The lowest BCUT2D eigenvalue weighted by molar-refractivity contribution is 0.482. The Kier molecular flexibility index (Phi) is 9.99. The van der Waals surface area contributed by atoms with Crippen molar-refractivity contribution in [2.75, 3.05) is 0 Å². The molecule has 0 fully saturated rings. The summed E-state index contributed by atoms with van der Waals surface area (Å²) in [6.45, 7) is 11.7. The number of hydrogen-bond donors (Lipinski definition) is 0. The summed E-state index contributed by atoms with van der Waals surface area (Å²) >= 11 is 7.42. The zero-order chi connectivity index (χ0) is 16.5. The average Bonchev–Trinajstić information content (AvgIpc) is 2.47. The van der Waals surface area contributed by atoms with Gasteiger partial charge in [-0.1, -0.05) is 76.2 Å². The summed E-state index contributed by atoms with van der Waals surface area (Å²) in [7, 11) is 0. The molecule has 3 unspecified atom stereocenters. The fraction of sp³-hybridized carbons (Fsp3) is 0.850. The standard InChI is InChI=1S/C20H36S2/c1-6-12-16(3)20(22-18(5)21)19-14-11-9-7-8-10-13-15(2)17(19)4/h15-16,20H,6-14H2,1-5H3/b19-17-. The third-order valence-electron chi connectivity index (χ3n) is 5.23. The summed E-state index contributed by atoms with van der Waals surface area (Å²) in [5, 5.41) is 0.610. The zero-order valence-electron chi connectivity index (χ0n) is 15.4. The van der Waals surface area contributed by atoms with Crippen molar-refractivity contribution in [1.29, 1.82) is 0 Å². The van der Waals surface area contributed by atoms with Gasteiger partial charge in [-0.3, -0.25) is 0 Å². The Morgan fingerprint density at radius 2 is 1.86 bits per heavy atom. The maximum atomic E-state index is 5.46. The van der Waals surface area contributed by atoms with Gasteiger partial charge in [-0.2, -0.15) is 0 Å². The minimum atomic E-state index is 0.610. The van der Waals surface area contributed by atoms with Gasteiger partial charge in [-0.05, 0) is 51.4 Å². The highest BCUT2D eigenvalue weighted by atomic mass is 32.2. The summed E-state index contributed by atoms with van der Waals surface area (Å²) in [4.78, 5) is 0. The van der Waals surface area contributed by atoms with Gasteiger partial charge in [0.05, 0.1) is 0 Å². The Hall–Kier alpha value is 0.180. The Morgan fingerprint density at radius 3 is 2.50 bits per heavy atom. The van der Waals surface area contributed by atoms with Crippen molar-refractivity contribution >= 4 is 28.2 Å². The molecule has 0 saturated heterocycles. The van der Waals surface area contributed by atoms with Crippen LogP contribution in [-0.4, -0.2) is 9.45 Å². The molecule has 0 bridgehead atoms. The first-order chi connectivity index (χ1) is 10.5. The molecule has 1 aliphatic carbocycles. The smallest absolute Gasteiger partial charge is 0.0453 e. The summed E-state index contributed by atoms with van der Waals surface area (Å²) in [6.07, 6.45) is 12.3. The first-order valence-electron chi connectivity index (χ1n) is 9.34. The van der Waals surface area contributed by atoms with Crippen molar-refractivity contribution in [3.05, 3.63) is 11.1 Å². The lowest BCUT2D eigenvalue weighted by atomic mass is 9.83. The van der Waals surface area contributed by atoms with Gasteiger partial charge in [0.2, 0.25) is 0 Å². The molecule has 0 nitrogen and oxygen atoms in total. The van der Waals surface area contributed by atoms with Gasteiger partial charge in [0, 0.05) is 9.45 Å². The average molecular weight is 341 g/mol. The van der Waals surface area contributed by atoms with E-state index < -0.39 is 0 Å². The van der Waals surface area contributed by atoms with Crippen molar-refractivity contribution < 1.29 is 0 Å². The number of rotatable bonds is 5. The Balaban J connectivity index is 3.06. The van der Waals surface area contributed by atoms with Gasteiger partial charge in [-0.25, -0.2) is 0 Å². The minimum absolute atomic E-state index is 0.610. The van der Waals surface area contributed by atoms with E-state index in [1.807, 2.05) is 11.8 Å². The lowest BCUT2D eigenvalue weighted by Crippen LogP contribution is -2.21. The third kappa shape index (κ3) is 6.74. The molecule has 0 heterocycles. The summed E-state index contributed by atoms with van der Waals surface area (Å²) in [5.74, 6) is 1.48. The van der Waals surface area contributed by atoms with Crippen LogP contribution in [0.25, 0.3) is 0 Å². The van der Waals surface area contributed by atoms with Crippen LogP contribution >= 0.6 is 24.0 Å². The molecule has 0 amide bonds. The molecule has 0 spiro atoms.